The van der Waals surface area contributed by atoms with Gasteiger partial charge in [-0.1, -0.05) is 189 Å². The average molecular weight is 939 g/mol. The number of allylic oxidation sites excluding steroid dienone is 2. The molecule has 0 spiro atoms. The predicted octanol–water partition coefficient (Wildman–Crippen LogP) is 12.0. The number of nitriles is 3. The average Bonchev–Trinajstić information content (AvgIpc) is 3.72. The number of benzene rings is 7. The van der Waals surface area contributed by atoms with E-state index in [2.05, 4.69) is 147 Å². The number of hydrogen-bond donors (Lipinski definition) is 0. The minimum atomic E-state index is -5.13. The minimum Gasteiger partial charge on any atom is -0.465 e. The summed E-state index contributed by atoms with van der Waals surface area (Å²) in [5.74, 6) is -0.596. The van der Waals surface area contributed by atoms with Crippen LogP contribution in [0, 0.1) is 40.9 Å². The third-order valence-electron chi connectivity index (χ3n) is 14.0. The molecule has 5 nitrogen and oxygen atoms in total. The van der Waals surface area contributed by atoms with Crippen LogP contribution in [0.25, 0.3) is 17.2 Å². The van der Waals surface area contributed by atoms with Gasteiger partial charge in [0.25, 0.3) is 5.60 Å². The summed E-state index contributed by atoms with van der Waals surface area (Å²) in [4.78, 5) is 2.44. The van der Waals surface area contributed by atoms with Gasteiger partial charge in [-0.2, -0.15) is 29.0 Å². The fourth-order valence-electron chi connectivity index (χ4n) is 10.7. The van der Waals surface area contributed by atoms with E-state index in [0.717, 1.165) is 34.4 Å². The van der Waals surface area contributed by atoms with Gasteiger partial charge < -0.3 is 9.64 Å². The number of rotatable bonds is 10. The number of hydrogen-bond acceptors (Lipinski definition) is 5. The fraction of sp³-hybridized carbons (Fsp3) is 0.164. The smallest absolute Gasteiger partial charge is 0.437 e. The van der Waals surface area contributed by atoms with E-state index in [9.17, 15) is 15.8 Å². The summed E-state index contributed by atoms with van der Waals surface area (Å²) in [5, 5.41) is 35.4. The highest BCUT2D eigenvalue weighted by atomic mass is 28.3. The molecule has 70 heavy (non-hydrogen) atoms. The van der Waals surface area contributed by atoms with Crippen molar-refractivity contribution >= 4 is 40.6 Å². The molecule has 0 radical (unpaired) electrons. The maximum absolute atomic E-state index is 15.9. The molecule has 2 aliphatic rings. The third-order valence-corrected chi connectivity index (χ3v) is 18.8. The second kappa shape index (κ2) is 18.7. The first kappa shape index (κ1) is 46.9. The van der Waals surface area contributed by atoms with Crippen molar-refractivity contribution in [1.29, 1.82) is 15.8 Å². The zero-order chi connectivity index (χ0) is 49.3. The summed E-state index contributed by atoms with van der Waals surface area (Å²) in [5.41, 5.74) is 0.698. The van der Waals surface area contributed by atoms with E-state index in [1.165, 1.54) is 39.0 Å². The molecule has 9 heteroatoms. The molecule has 0 bridgehead atoms. The Bertz CT molecular complexity index is 3180. The van der Waals surface area contributed by atoms with Gasteiger partial charge in [0, 0.05) is 28.9 Å². The summed E-state index contributed by atoms with van der Waals surface area (Å²) in [6.07, 6.45) is -1.45. The highest BCUT2D eigenvalue weighted by molar-refractivity contribution is 7.19. The molecule has 344 valence electrons. The van der Waals surface area contributed by atoms with Crippen molar-refractivity contribution in [2.75, 3.05) is 4.90 Å². The van der Waals surface area contributed by atoms with Crippen LogP contribution in [0.15, 0.2) is 211 Å². The Morgan fingerprint density at radius 2 is 1.19 bits per heavy atom. The molecule has 0 saturated heterocycles. The first-order valence-corrected chi connectivity index (χ1v) is 25.2. The lowest BCUT2D eigenvalue weighted by atomic mass is 9.78. The van der Waals surface area contributed by atoms with E-state index in [4.69, 9.17) is 4.74 Å². The van der Waals surface area contributed by atoms with Crippen molar-refractivity contribution in [3.63, 3.8) is 0 Å². The van der Waals surface area contributed by atoms with E-state index in [1.54, 1.807) is 30.3 Å². The maximum atomic E-state index is 15.9. The Morgan fingerprint density at radius 3 is 1.69 bits per heavy atom. The molecule has 0 amide bonds. The molecular formula is C61H49F3N4OSi. The first-order chi connectivity index (χ1) is 33.8. The van der Waals surface area contributed by atoms with Gasteiger partial charge in [-0.25, -0.2) is 0 Å². The van der Waals surface area contributed by atoms with Crippen molar-refractivity contribution in [2.24, 2.45) is 0 Å². The van der Waals surface area contributed by atoms with Crippen LogP contribution in [0.2, 0.25) is 0 Å². The zero-order valence-corrected chi connectivity index (χ0v) is 40.3. The van der Waals surface area contributed by atoms with Crippen LogP contribution in [0.3, 0.4) is 0 Å². The van der Waals surface area contributed by atoms with Crippen molar-refractivity contribution in [1.82, 2.24) is 0 Å². The molecule has 2 aliphatic heterocycles. The quantitative estimate of drug-likeness (QED) is 0.0775. The number of alkyl halides is 3. The lowest BCUT2D eigenvalue weighted by Crippen LogP contribution is -2.74. The molecule has 0 aliphatic carbocycles. The lowest BCUT2D eigenvalue weighted by molar-refractivity contribution is -0.249. The first-order valence-electron chi connectivity index (χ1n) is 23.2. The molecule has 7 aromatic carbocycles. The maximum Gasteiger partial charge on any atom is 0.437 e. The van der Waals surface area contributed by atoms with Crippen LogP contribution < -0.4 is 25.6 Å². The summed E-state index contributed by atoms with van der Waals surface area (Å²) < 4.78 is 53.6. The highest BCUT2D eigenvalue weighted by Crippen LogP contribution is 2.56. The van der Waals surface area contributed by atoms with Gasteiger partial charge in [0.15, 0.2) is 19.4 Å². The fourth-order valence-corrected chi connectivity index (χ4v) is 15.4. The topological polar surface area (TPSA) is 83.8 Å². The Morgan fingerprint density at radius 1 is 0.686 bits per heavy atom. The molecule has 0 N–H and O–H groups in total. The molecule has 2 atom stereocenters. The van der Waals surface area contributed by atoms with Crippen molar-refractivity contribution in [2.45, 2.75) is 63.9 Å². The summed E-state index contributed by atoms with van der Waals surface area (Å²) >= 11 is 0. The van der Waals surface area contributed by atoms with Crippen molar-refractivity contribution < 1.29 is 17.9 Å². The van der Waals surface area contributed by atoms with Gasteiger partial charge in [0.1, 0.15) is 23.8 Å². The number of fused-ring (bicyclic) bond motifs is 1. The third kappa shape index (κ3) is 8.11. The highest BCUT2D eigenvalue weighted by Gasteiger charge is 2.65. The summed E-state index contributed by atoms with van der Waals surface area (Å²) in [6, 6.07) is 65.9. The molecule has 0 fully saturated rings. The molecular weight excluding hydrogens is 890 g/mol. The molecule has 2 heterocycles. The SMILES string of the molecule is Cc1cc2c(cc1/C=C/C1=C(C#N)C(=C(C#N)C#N)OC1(c1ccc(-c3ccccc3)cc1)C(F)(F)F)C(C)CC(C)(C)N2Cc1ccc([Si](c2ccccc2)(c2ccccc2)c2ccccc2)cc1. The summed E-state index contributed by atoms with van der Waals surface area (Å²) in [7, 11) is -2.72. The van der Waals surface area contributed by atoms with Crippen LogP contribution in [-0.4, -0.2) is 19.8 Å². The molecule has 0 saturated carbocycles. The summed E-state index contributed by atoms with van der Waals surface area (Å²) in [6.45, 7) is 9.24. The number of halogens is 3. The van der Waals surface area contributed by atoms with Crippen molar-refractivity contribution in [3.8, 4) is 29.3 Å². The van der Waals surface area contributed by atoms with E-state index in [0.29, 0.717) is 17.7 Å². The second-order valence-electron chi connectivity index (χ2n) is 18.7. The van der Waals surface area contributed by atoms with Crippen molar-refractivity contribution in [3.05, 3.63) is 238 Å². The Kier molecular flexibility index (Phi) is 12.6. The molecule has 7 aromatic rings. The number of anilines is 1. The number of ether oxygens (including phenoxy) is 1. The monoisotopic (exact) mass is 938 g/mol. The van der Waals surface area contributed by atoms with E-state index < -0.39 is 42.3 Å². The van der Waals surface area contributed by atoms with Crippen LogP contribution in [0.4, 0.5) is 18.9 Å². The molecule has 0 aromatic heterocycles. The standard InChI is InChI=1S/C61H49F3N4OSi/c1-42-35-57-54(36-47(42)29-34-56-55(40-67)58(48(38-65)39-66)69-60(56,61(62,63)64)49-30-27-46(28-31-49)45-17-9-5-10-18-45)43(2)37-59(3,4)68(57)41-44-25-32-53(33-26-44)70(50-19-11-6-12-20-50,51-21-13-7-14-22-51)52-23-15-8-16-24-52/h5-36,43H,37,41H2,1-4H3/b34-29+. The normalized spacial score (nSPS) is 17.6. The zero-order valence-electron chi connectivity index (χ0n) is 39.3. The van der Waals surface area contributed by atoms with Gasteiger partial charge in [-0.3, -0.25) is 0 Å². The van der Waals surface area contributed by atoms with Gasteiger partial charge >= 0.3 is 6.18 Å². The van der Waals surface area contributed by atoms with Crippen LogP contribution in [0.1, 0.15) is 60.9 Å². The van der Waals surface area contributed by atoms with Gasteiger partial charge in [0.2, 0.25) is 0 Å². The Labute approximate surface area is 409 Å². The Hall–Kier alpha value is -8.16. The Balaban J connectivity index is 1.11. The molecule has 2 unspecified atom stereocenters. The predicted molar refractivity (Wildman–Crippen MR) is 275 cm³/mol. The second-order valence-corrected chi connectivity index (χ2v) is 22.5. The van der Waals surface area contributed by atoms with Gasteiger partial charge in [-0.05, 0) is 99.4 Å². The van der Waals surface area contributed by atoms with Gasteiger partial charge in [-0.15, -0.1) is 0 Å². The minimum absolute atomic E-state index is 0.107. The van der Waals surface area contributed by atoms with E-state index >= 15 is 13.2 Å². The van der Waals surface area contributed by atoms with Crippen LogP contribution in [-0.2, 0) is 16.9 Å². The van der Waals surface area contributed by atoms with Gasteiger partial charge in [0.05, 0.1) is 0 Å². The largest absolute Gasteiger partial charge is 0.465 e. The van der Waals surface area contributed by atoms with Crippen LogP contribution >= 0.6 is 0 Å². The van der Waals surface area contributed by atoms with E-state index in [1.807, 2.05) is 49.4 Å². The number of nitrogens with zero attached hydrogens (tertiary/aromatic N) is 4. The van der Waals surface area contributed by atoms with Crippen LogP contribution in [0.5, 0.6) is 0 Å². The lowest BCUT2D eigenvalue weighted by Gasteiger charge is -2.48. The molecule has 9 rings (SSSR count). The van der Waals surface area contributed by atoms with E-state index in [-0.39, 0.29) is 17.0 Å². The number of aryl methyl sites for hydroxylation is 1.